The fourth-order valence-electron chi connectivity index (χ4n) is 1.57. The Morgan fingerprint density at radius 3 is 2.59 bits per heavy atom. The van der Waals surface area contributed by atoms with E-state index in [1.54, 1.807) is 6.92 Å². The molecule has 0 heterocycles. The van der Waals surface area contributed by atoms with Gasteiger partial charge in [-0.1, -0.05) is 30.3 Å². The molecule has 0 aliphatic rings. The Hall–Kier alpha value is -1.25. The van der Waals surface area contributed by atoms with Gasteiger partial charge in [0.15, 0.2) is 6.16 Å². The predicted octanol–water partition coefficient (Wildman–Crippen LogP) is 2.14. The first kappa shape index (κ1) is 13.8. The summed E-state index contributed by atoms with van der Waals surface area (Å²) in [6.07, 6.45) is 0.379. The lowest BCUT2D eigenvalue weighted by molar-refractivity contribution is -0.147. The molecule has 0 amide bonds. The first-order valence-electron chi connectivity index (χ1n) is 5.47. The van der Waals surface area contributed by atoms with Crippen LogP contribution in [0.15, 0.2) is 30.3 Å². The van der Waals surface area contributed by atoms with Crippen molar-refractivity contribution in [2.24, 2.45) is 5.92 Å². The quantitative estimate of drug-likeness (QED) is 0.624. The van der Waals surface area contributed by atoms with Crippen molar-refractivity contribution in [3.63, 3.8) is 0 Å². The average molecular weight is 255 g/mol. The molecule has 1 N–H and O–H groups in total. The molecule has 2 atom stereocenters. The second kappa shape index (κ2) is 7.15. The first-order valence-corrected chi connectivity index (χ1v) is 6.87. The molecule has 0 fully saturated rings. The summed E-state index contributed by atoms with van der Waals surface area (Å²) in [5, 5.41) is 0. The van der Waals surface area contributed by atoms with Crippen LogP contribution in [0.5, 0.6) is 0 Å². The van der Waals surface area contributed by atoms with Crippen LogP contribution in [0, 0.1) is 5.92 Å². The number of esters is 1. The van der Waals surface area contributed by atoms with Crippen LogP contribution in [0.1, 0.15) is 12.5 Å². The summed E-state index contributed by atoms with van der Waals surface area (Å²) in [4.78, 5) is 20.5. The number of benzene rings is 1. The van der Waals surface area contributed by atoms with Crippen molar-refractivity contribution >= 4 is 14.0 Å². The van der Waals surface area contributed by atoms with Crippen molar-refractivity contribution in [1.82, 2.24) is 0 Å². The zero-order chi connectivity index (χ0) is 12.7. The van der Waals surface area contributed by atoms with Crippen LogP contribution in [0.3, 0.4) is 0 Å². The monoisotopic (exact) mass is 255 g/mol. The van der Waals surface area contributed by atoms with Gasteiger partial charge in [0, 0.05) is 0 Å². The highest BCUT2D eigenvalue weighted by Gasteiger charge is 2.29. The van der Waals surface area contributed by atoms with Gasteiger partial charge in [0.2, 0.25) is 0 Å². The summed E-state index contributed by atoms with van der Waals surface area (Å²) in [6, 6.07) is 9.40. The van der Waals surface area contributed by atoms with Gasteiger partial charge in [-0.2, -0.15) is 4.89 Å². The average Bonchev–Trinajstić information content (AvgIpc) is 2.29. The Balaban J connectivity index is 2.70. The van der Waals surface area contributed by atoms with Crippen LogP contribution in [-0.4, -0.2) is 23.6 Å². The molecule has 0 aliphatic carbocycles. The Morgan fingerprint density at radius 1 is 1.41 bits per heavy atom. The van der Waals surface area contributed by atoms with Crippen LogP contribution >= 0.6 is 8.03 Å². The largest absolute Gasteiger partial charge is 0.506 e. The van der Waals surface area contributed by atoms with E-state index in [4.69, 9.17) is 9.63 Å². The number of ether oxygens (including phenoxy) is 1. The summed E-state index contributed by atoms with van der Waals surface area (Å²) < 4.78 is 15.7. The van der Waals surface area contributed by atoms with Crippen molar-refractivity contribution < 1.29 is 19.0 Å². The van der Waals surface area contributed by atoms with Crippen LogP contribution in [0.2, 0.25) is 0 Å². The molecule has 0 saturated heterocycles. The third kappa shape index (κ3) is 5.07. The third-order valence-corrected chi connectivity index (χ3v) is 3.07. The smallest absolute Gasteiger partial charge is 0.466 e. The molecule has 17 heavy (non-hydrogen) atoms. The lowest BCUT2D eigenvalue weighted by Crippen LogP contribution is -2.22. The van der Waals surface area contributed by atoms with E-state index in [2.05, 4.69) is 0 Å². The highest BCUT2D eigenvalue weighted by molar-refractivity contribution is 7.38. The lowest BCUT2D eigenvalue weighted by Gasteiger charge is -2.10. The van der Waals surface area contributed by atoms with Gasteiger partial charge in [0.1, 0.15) is 5.92 Å². The molecule has 0 bridgehead atoms. The normalized spacial score (nSPS) is 12.9. The van der Waals surface area contributed by atoms with E-state index in [1.807, 2.05) is 30.3 Å². The van der Waals surface area contributed by atoms with Crippen molar-refractivity contribution in [2.75, 3.05) is 12.8 Å². The highest BCUT2D eigenvalue weighted by atomic mass is 31.1. The topological polar surface area (TPSA) is 63.6 Å². The second-order valence-corrected chi connectivity index (χ2v) is 4.74. The summed E-state index contributed by atoms with van der Waals surface area (Å²) in [6.45, 7) is 2.00. The van der Waals surface area contributed by atoms with Gasteiger partial charge >= 0.3 is 14.0 Å². The fourth-order valence-corrected chi connectivity index (χ4v) is 2.22. The zero-order valence-electron chi connectivity index (χ0n) is 9.70. The minimum Gasteiger partial charge on any atom is -0.466 e. The summed E-state index contributed by atoms with van der Waals surface area (Å²) in [5.74, 6) is -0.959. The van der Waals surface area contributed by atoms with Crippen molar-refractivity contribution in [2.45, 2.75) is 13.3 Å². The van der Waals surface area contributed by atoms with E-state index in [1.165, 1.54) is 0 Å². The number of carbonyl (C=O) groups is 1. The Morgan fingerprint density at radius 2 is 2.06 bits per heavy atom. The third-order valence-electron chi connectivity index (χ3n) is 2.32. The molecule has 0 saturated carbocycles. The maximum Gasteiger partial charge on any atom is 0.506 e. The minimum atomic E-state index is -2.33. The molecular formula is C12H16O4P+. The molecule has 0 radical (unpaired) electrons. The lowest BCUT2D eigenvalue weighted by atomic mass is 10.0. The Labute approximate surface area is 101 Å². The standard InChI is InChI=1S/C12H15O4P/c1-2-16-12(13)11(9-17(14)15)8-10-6-4-3-5-7-10/h3-7,11H,2,8-9H2,1H3/p+1. The van der Waals surface area contributed by atoms with Crippen LogP contribution in [0.4, 0.5) is 0 Å². The van der Waals surface area contributed by atoms with Gasteiger partial charge in [-0.15, -0.1) is 0 Å². The Kier molecular flexibility index (Phi) is 5.81. The number of hydrogen-bond acceptors (Lipinski definition) is 3. The van der Waals surface area contributed by atoms with Crippen molar-refractivity contribution in [1.29, 1.82) is 0 Å². The highest BCUT2D eigenvalue weighted by Crippen LogP contribution is 2.22. The van der Waals surface area contributed by atoms with Crippen molar-refractivity contribution in [3.05, 3.63) is 35.9 Å². The van der Waals surface area contributed by atoms with Gasteiger partial charge in [-0.05, 0) is 23.5 Å². The van der Waals surface area contributed by atoms with Gasteiger partial charge in [-0.25, -0.2) is 0 Å². The van der Waals surface area contributed by atoms with E-state index in [-0.39, 0.29) is 12.8 Å². The second-order valence-electron chi connectivity index (χ2n) is 3.67. The molecular weight excluding hydrogens is 239 g/mol. The fraction of sp³-hybridized carbons (Fsp3) is 0.417. The summed E-state index contributed by atoms with van der Waals surface area (Å²) >= 11 is 0. The summed E-state index contributed by atoms with van der Waals surface area (Å²) in [5.41, 5.74) is 0.961. The van der Waals surface area contributed by atoms with Crippen LogP contribution in [-0.2, 0) is 20.5 Å². The molecule has 1 aromatic rings. The van der Waals surface area contributed by atoms with Crippen LogP contribution < -0.4 is 0 Å². The van der Waals surface area contributed by atoms with Crippen molar-refractivity contribution in [3.8, 4) is 0 Å². The number of hydrogen-bond donors (Lipinski definition) is 1. The zero-order valence-corrected chi connectivity index (χ0v) is 10.6. The van der Waals surface area contributed by atoms with Crippen LogP contribution in [0.25, 0.3) is 0 Å². The summed E-state index contributed by atoms with van der Waals surface area (Å²) in [7, 11) is -2.33. The van der Waals surface area contributed by atoms with E-state index in [9.17, 15) is 9.36 Å². The maximum absolute atomic E-state index is 11.6. The molecule has 0 spiro atoms. The SMILES string of the molecule is CCOC(=O)C(Cc1ccccc1)C[P+](=O)O. The first-order chi connectivity index (χ1) is 8.13. The molecule has 4 nitrogen and oxygen atoms in total. The van der Waals surface area contributed by atoms with E-state index in [0.717, 1.165) is 5.56 Å². The van der Waals surface area contributed by atoms with E-state index >= 15 is 0 Å². The van der Waals surface area contributed by atoms with E-state index in [0.29, 0.717) is 6.42 Å². The number of rotatable bonds is 6. The molecule has 5 heteroatoms. The van der Waals surface area contributed by atoms with Gasteiger partial charge in [-0.3, -0.25) is 4.79 Å². The predicted molar refractivity (Wildman–Crippen MR) is 65.0 cm³/mol. The Bertz CT molecular complexity index is 377. The molecule has 1 rings (SSSR count). The molecule has 0 aliphatic heterocycles. The van der Waals surface area contributed by atoms with Gasteiger partial charge in [0.25, 0.3) is 0 Å². The van der Waals surface area contributed by atoms with Gasteiger partial charge in [0.05, 0.1) is 6.61 Å². The maximum atomic E-state index is 11.6. The molecule has 0 aromatic heterocycles. The molecule has 92 valence electrons. The minimum absolute atomic E-state index is 0.0525. The molecule has 2 unspecified atom stereocenters. The molecule has 1 aromatic carbocycles. The van der Waals surface area contributed by atoms with Gasteiger partial charge < -0.3 is 4.74 Å². The van der Waals surface area contributed by atoms with E-state index < -0.39 is 19.9 Å². The number of carbonyl (C=O) groups excluding carboxylic acids is 1.